The highest BCUT2D eigenvalue weighted by Crippen LogP contribution is 2.43. The van der Waals surface area contributed by atoms with Gasteiger partial charge in [-0.3, -0.25) is 19.5 Å². The van der Waals surface area contributed by atoms with Crippen LogP contribution in [0.2, 0.25) is 0 Å². The summed E-state index contributed by atoms with van der Waals surface area (Å²) < 4.78 is 5.20. The summed E-state index contributed by atoms with van der Waals surface area (Å²) in [5.74, 6) is -2.03. The van der Waals surface area contributed by atoms with Crippen molar-refractivity contribution in [2.24, 2.45) is 5.41 Å². The van der Waals surface area contributed by atoms with E-state index in [1.165, 1.54) is 4.90 Å². The van der Waals surface area contributed by atoms with Crippen molar-refractivity contribution in [1.29, 1.82) is 0 Å². The van der Waals surface area contributed by atoms with Crippen molar-refractivity contribution in [1.82, 2.24) is 4.98 Å². The standard InChI is InChI=1S/C24H26N2O5/c1-14(2)31-23(30)16-6-8-17(9-7-16)26-19(15-10-12-25-13-11-15)18(20(27)22(26)29)21(28)24(3,4)5/h6-14,19,27H,1-5H3. The Balaban J connectivity index is 2.06. The molecule has 7 nitrogen and oxygen atoms in total. The lowest BCUT2D eigenvalue weighted by molar-refractivity contribution is -0.123. The zero-order valence-corrected chi connectivity index (χ0v) is 18.2. The van der Waals surface area contributed by atoms with Gasteiger partial charge in [-0.1, -0.05) is 20.8 Å². The molecule has 1 aliphatic heterocycles. The fraction of sp³-hybridized carbons (Fsp3) is 0.333. The van der Waals surface area contributed by atoms with Gasteiger partial charge in [0.05, 0.1) is 23.3 Å². The number of pyridine rings is 1. The molecule has 0 spiro atoms. The number of amides is 1. The second-order valence-corrected chi connectivity index (χ2v) is 8.70. The SMILES string of the molecule is CC(C)OC(=O)c1ccc(N2C(=O)C(O)=C(C(=O)C(C)(C)C)C2c2ccncc2)cc1. The second kappa shape index (κ2) is 8.34. The molecule has 1 atom stereocenters. The molecule has 0 aliphatic carbocycles. The van der Waals surface area contributed by atoms with Crippen LogP contribution < -0.4 is 4.90 Å². The predicted molar refractivity (Wildman–Crippen MR) is 116 cm³/mol. The zero-order chi connectivity index (χ0) is 22.9. The summed E-state index contributed by atoms with van der Waals surface area (Å²) in [4.78, 5) is 43.7. The van der Waals surface area contributed by atoms with Crippen LogP contribution in [0.3, 0.4) is 0 Å². The molecule has 2 heterocycles. The third kappa shape index (κ3) is 4.35. The Morgan fingerprint density at radius 3 is 2.16 bits per heavy atom. The average molecular weight is 422 g/mol. The van der Waals surface area contributed by atoms with E-state index in [4.69, 9.17) is 4.74 Å². The third-order valence-electron chi connectivity index (χ3n) is 4.88. The number of hydrogen-bond donors (Lipinski definition) is 1. The summed E-state index contributed by atoms with van der Waals surface area (Å²) in [5, 5.41) is 10.7. The van der Waals surface area contributed by atoms with Gasteiger partial charge in [0.1, 0.15) is 0 Å². The normalized spacial score (nSPS) is 16.8. The van der Waals surface area contributed by atoms with Crippen molar-refractivity contribution in [3.8, 4) is 0 Å². The molecule has 1 amide bonds. The Morgan fingerprint density at radius 2 is 1.65 bits per heavy atom. The van der Waals surface area contributed by atoms with Crippen molar-refractivity contribution < 1.29 is 24.2 Å². The van der Waals surface area contributed by atoms with E-state index in [-0.39, 0.29) is 17.5 Å². The first-order valence-electron chi connectivity index (χ1n) is 10.0. The number of hydrogen-bond acceptors (Lipinski definition) is 6. The van der Waals surface area contributed by atoms with Crippen molar-refractivity contribution in [3.63, 3.8) is 0 Å². The number of nitrogens with zero attached hydrogens (tertiary/aromatic N) is 2. The number of aliphatic hydroxyl groups is 1. The minimum absolute atomic E-state index is 0.0481. The number of benzene rings is 1. The van der Waals surface area contributed by atoms with E-state index in [2.05, 4.69) is 4.98 Å². The van der Waals surface area contributed by atoms with Crippen molar-refractivity contribution in [2.75, 3.05) is 4.90 Å². The first-order valence-corrected chi connectivity index (χ1v) is 10.0. The molecular formula is C24H26N2O5. The van der Waals surface area contributed by atoms with Crippen LogP contribution >= 0.6 is 0 Å². The van der Waals surface area contributed by atoms with Gasteiger partial charge in [0.15, 0.2) is 11.5 Å². The number of aliphatic hydroxyl groups excluding tert-OH is 1. The molecule has 0 radical (unpaired) electrons. The second-order valence-electron chi connectivity index (χ2n) is 8.70. The monoisotopic (exact) mass is 422 g/mol. The summed E-state index contributed by atoms with van der Waals surface area (Å²) >= 11 is 0. The minimum Gasteiger partial charge on any atom is -0.503 e. The van der Waals surface area contributed by atoms with Crippen LogP contribution in [0.25, 0.3) is 0 Å². The quantitative estimate of drug-likeness (QED) is 0.727. The van der Waals surface area contributed by atoms with Crippen molar-refractivity contribution in [2.45, 2.75) is 46.8 Å². The molecule has 0 bridgehead atoms. The zero-order valence-electron chi connectivity index (χ0n) is 18.2. The van der Waals surface area contributed by atoms with E-state index < -0.39 is 29.1 Å². The topological polar surface area (TPSA) is 96.8 Å². The molecule has 1 aromatic heterocycles. The van der Waals surface area contributed by atoms with Crippen LogP contribution in [0.1, 0.15) is 56.6 Å². The number of rotatable bonds is 5. The Labute approximate surface area is 181 Å². The first kappa shape index (κ1) is 22.2. The Kier molecular flexibility index (Phi) is 5.97. The number of carbonyl (C=O) groups is 3. The third-order valence-corrected chi connectivity index (χ3v) is 4.88. The van der Waals surface area contributed by atoms with E-state index >= 15 is 0 Å². The molecule has 1 aliphatic rings. The average Bonchev–Trinajstić information content (AvgIpc) is 2.98. The minimum atomic E-state index is -0.810. The fourth-order valence-electron chi connectivity index (χ4n) is 3.41. The highest BCUT2D eigenvalue weighted by molar-refractivity contribution is 6.17. The number of ketones is 1. The van der Waals surface area contributed by atoms with Crippen LogP contribution in [0.4, 0.5) is 5.69 Å². The van der Waals surface area contributed by atoms with Crippen LogP contribution in [0, 0.1) is 5.41 Å². The molecule has 1 N–H and O–H groups in total. The van der Waals surface area contributed by atoms with Crippen LogP contribution in [-0.2, 0) is 14.3 Å². The summed E-state index contributed by atoms with van der Waals surface area (Å²) in [5.41, 5.74) is 0.675. The molecule has 0 fully saturated rings. The lowest BCUT2D eigenvalue weighted by Gasteiger charge is -2.29. The van der Waals surface area contributed by atoms with Gasteiger partial charge in [-0.05, 0) is 55.8 Å². The summed E-state index contributed by atoms with van der Waals surface area (Å²) in [6.45, 7) is 8.73. The number of Topliss-reactive ketones (excluding diaryl/α,β-unsaturated/α-hetero) is 1. The van der Waals surface area contributed by atoms with Gasteiger partial charge in [0.25, 0.3) is 5.91 Å². The van der Waals surface area contributed by atoms with Gasteiger partial charge < -0.3 is 9.84 Å². The van der Waals surface area contributed by atoms with E-state index in [1.807, 2.05) is 0 Å². The number of anilines is 1. The van der Waals surface area contributed by atoms with Gasteiger partial charge in [0.2, 0.25) is 0 Å². The van der Waals surface area contributed by atoms with E-state index in [0.29, 0.717) is 16.8 Å². The molecule has 0 saturated heterocycles. The number of esters is 1. The molecule has 162 valence electrons. The number of aromatic nitrogens is 1. The van der Waals surface area contributed by atoms with Crippen molar-refractivity contribution >= 4 is 23.3 Å². The molecular weight excluding hydrogens is 396 g/mol. The highest BCUT2D eigenvalue weighted by atomic mass is 16.5. The first-order chi connectivity index (χ1) is 14.5. The van der Waals surface area contributed by atoms with Gasteiger partial charge in [0, 0.05) is 23.5 Å². The van der Waals surface area contributed by atoms with E-state index in [1.54, 1.807) is 83.4 Å². The highest BCUT2D eigenvalue weighted by Gasteiger charge is 2.46. The lowest BCUT2D eigenvalue weighted by Crippen LogP contribution is -2.32. The van der Waals surface area contributed by atoms with Gasteiger partial charge in [-0.2, -0.15) is 0 Å². The van der Waals surface area contributed by atoms with Crippen LogP contribution in [0.5, 0.6) is 0 Å². The van der Waals surface area contributed by atoms with E-state index in [9.17, 15) is 19.5 Å². The number of carbonyl (C=O) groups excluding carboxylic acids is 3. The summed E-state index contributed by atoms with van der Waals surface area (Å²) in [6, 6.07) is 8.90. The molecule has 2 aromatic rings. The van der Waals surface area contributed by atoms with Crippen molar-refractivity contribution in [3.05, 3.63) is 71.3 Å². The molecule has 0 saturated carbocycles. The lowest BCUT2D eigenvalue weighted by atomic mass is 9.82. The largest absolute Gasteiger partial charge is 0.503 e. The van der Waals surface area contributed by atoms with Crippen LogP contribution in [0.15, 0.2) is 60.1 Å². The van der Waals surface area contributed by atoms with Gasteiger partial charge in [-0.25, -0.2) is 4.79 Å². The molecule has 7 heteroatoms. The summed E-state index contributed by atoms with van der Waals surface area (Å²) in [6.07, 6.45) is 2.88. The van der Waals surface area contributed by atoms with Crippen LogP contribution in [-0.4, -0.2) is 33.9 Å². The fourth-order valence-corrected chi connectivity index (χ4v) is 3.41. The maximum atomic E-state index is 13.2. The molecule has 1 unspecified atom stereocenters. The molecule has 3 rings (SSSR count). The molecule has 31 heavy (non-hydrogen) atoms. The Bertz CT molecular complexity index is 1030. The van der Waals surface area contributed by atoms with E-state index in [0.717, 1.165) is 0 Å². The van der Waals surface area contributed by atoms with Gasteiger partial charge in [-0.15, -0.1) is 0 Å². The maximum absolute atomic E-state index is 13.2. The number of ether oxygens (including phenoxy) is 1. The Hall–Kier alpha value is -3.48. The van der Waals surface area contributed by atoms with Gasteiger partial charge >= 0.3 is 5.97 Å². The summed E-state index contributed by atoms with van der Waals surface area (Å²) in [7, 11) is 0. The molecule has 1 aromatic carbocycles. The smallest absolute Gasteiger partial charge is 0.338 e. The Morgan fingerprint density at radius 1 is 1.06 bits per heavy atom. The predicted octanol–water partition coefficient (Wildman–Crippen LogP) is 4.16. The maximum Gasteiger partial charge on any atom is 0.338 e.